The Morgan fingerprint density at radius 2 is 1.93 bits per heavy atom. The number of fused-ring (bicyclic) bond motifs is 2. The second kappa shape index (κ2) is 6.62. The van der Waals surface area contributed by atoms with Crippen LogP contribution in [0, 0.1) is 11.6 Å². The van der Waals surface area contributed by atoms with E-state index >= 15 is 0 Å². The number of aliphatic imine (C=N–C) groups is 1. The number of nitrogens with zero attached hydrogens (tertiary/aromatic N) is 2. The summed E-state index contributed by atoms with van der Waals surface area (Å²) in [7, 11) is 1.26. The van der Waals surface area contributed by atoms with Crippen LogP contribution in [0.2, 0.25) is 0 Å². The normalized spacial score (nSPS) is 22.2. The Morgan fingerprint density at radius 3 is 2.59 bits per heavy atom. The van der Waals surface area contributed by atoms with Gasteiger partial charge in [-0.1, -0.05) is 49.7 Å². The second-order valence-electron chi connectivity index (χ2n) is 7.72. The van der Waals surface area contributed by atoms with Crippen molar-refractivity contribution in [2.24, 2.45) is 4.99 Å². The maximum atomic E-state index is 14.4. The Bertz CT molecular complexity index is 1100. The number of halogens is 3. The molecule has 1 N–H and O–H groups in total. The van der Waals surface area contributed by atoms with Gasteiger partial charge < -0.3 is 10.1 Å². The Labute approximate surface area is 171 Å². The number of nitrogens with one attached hydrogen (secondary N) is 1. The highest BCUT2D eigenvalue weighted by Crippen LogP contribution is 2.55. The molecule has 1 aliphatic heterocycles. The van der Waals surface area contributed by atoms with Crippen molar-refractivity contribution in [3.63, 3.8) is 0 Å². The van der Waals surface area contributed by atoms with E-state index in [1.165, 1.54) is 7.11 Å². The van der Waals surface area contributed by atoms with Crippen LogP contribution in [0.1, 0.15) is 37.1 Å². The average molecular weight is 418 g/mol. The van der Waals surface area contributed by atoms with Gasteiger partial charge in [0.2, 0.25) is 0 Å². The molecule has 2 heterocycles. The zero-order valence-corrected chi connectivity index (χ0v) is 16.8. The predicted octanol–water partition coefficient (Wildman–Crippen LogP) is 3.91. The van der Waals surface area contributed by atoms with Crippen LogP contribution in [-0.4, -0.2) is 23.9 Å². The molecule has 1 spiro atoms. The highest BCUT2D eigenvalue weighted by atomic mass is 35.5. The first-order valence-corrected chi connectivity index (χ1v) is 9.34. The van der Waals surface area contributed by atoms with Gasteiger partial charge in [-0.2, -0.15) is 0 Å². The predicted molar refractivity (Wildman–Crippen MR) is 104 cm³/mol. The van der Waals surface area contributed by atoms with Crippen LogP contribution >= 0.6 is 11.6 Å². The summed E-state index contributed by atoms with van der Waals surface area (Å²) in [6.45, 7) is 4.08. The molecule has 29 heavy (non-hydrogen) atoms. The van der Waals surface area contributed by atoms with Crippen LogP contribution in [0.5, 0.6) is 0 Å². The lowest BCUT2D eigenvalue weighted by Crippen LogP contribution is -2.42. The van der Waals surface area contributed by atoms with E-state index in [-0.39, 0.29) is 27.7 Å². The van der Waals surface area contributed by atoms with Crippen molar-refractivity contribution in [1.29, 1.82) is 0 Å². The van der Waals surface area contributed by atoms with Crippen molar-refractivity contribution in [2.45, 2.75) is 31.2 Å². The summed E-state index contributed by atoms with van der Waals surface area (Å²) in [5.74, 6) is -2.30. The van der Waals surface area contributed by atoms with Gasteiger partial charge in [0, 0.05) is 6.07 Å². The number of pyridine rings is 1. The quantitative estimate of drug-likeness (QED) is 0.594. The summed E-state index contributed by atoms with van der Waals surface area (Å²) in [5, 5.41) is 2.71. The Morgan fingerprint density at radius 1 is 1.24 bits per heavy atom. The summed E-state index contributed by atoms with van der Waals surface area (Å²) in [4.78, 5) is 21.3. The summed E-state index contributed by atoms with van der Waals surface area (Å²) in [6.07, 6.45) is 1.31. The lowest BCUT2D eigenvalue weighted by atomic mass is 9.80. The number of carbonyl (C=O) groups is 1. The molecule has 5 nitrogen and oxygen atoms in total. The van der Waals surface area contributed by atoms with Gasteiger partial charge in [0.1, 0.15) is 27.8 Å². The number of methoxy groups -OCH3 is 1. The fourth-order valence-electron chi connectivity index (χ4n) is 4.27. The van der Waals surface area contributed by atoms with Crippen LogP contribution in [-0.2, 0) is 20.5 Å². The molecule has 0 saturated carbocycles. The molecule has 1 atom stereocenters. The first kappa shape index (κ1) is 19.5. The zero-order valence-electron chi connectivity index (χ0n) is 16.0. The topological polar surface area (TPSA) is 63.6 Å². The van der Waals surface area contributed by atoms with Crippen molar-refractivity contribution in [2.75, 3.05) is 7.11 Å². The van der Waals surface area contributed by atoms with Gasteiger partial charge in [0.05, 0.1) is 13.3 Å². The standard InChI is InChI=1S/C21H18ClF2N3O2/c1-20(2)10-21(13-7-5-4-6-12(13)20)15(19(28)29-3)17(22)26-18(27-21)16-14(24)8-11(23)9-25-16/h4-9H,10H2,1-3H3,(H,26,27). The molecule has 0 amide bonds. The van der Waals surface area contributed by atoms with Gasteiger partial charge in [0.25, 0.3) is 0 Å². The molecule has 1 unspecified atom stereocenters. The average Bonchev–Trinajstić information content (AvgIpc) is 2.88. The molecule has 4 rings (SSSR count). The number of hydrogen-bond acceptors (Lipinski definition) is 5. The molecule has 1 aromatic heterocycles. The van der Waals surface area contributed by atoms with Gasteiger partial charge in [0.15, 0.2) is 11.7 Å². The van der Waals surface area contributed by atoms with Crippen LogP contribution in [0.4, 0.5) is 8.78 Å². The van der Waals surface area contributed by atoms with Crippen molar-refractivity contribution >= 4 is 23.4 Å². The van der Waals surface area contributed by atoms with Gasteiger partial charge in [-0.25, -0.2) is 23.6 Å². The summed E-state index contributed by atoms with van der Waals surface area (Å²) >= 11 is 6.48. The molecule has 1 aliphatic carbocycles. The molecular formula is C21H18ClF2N3O2. The highest BCUT2D eigenvalue weighted by molar-refractivity contribution is 6.33. The maximum absolute atomic E-state index is 14.4. The zero-order chi connectivity index (χ0) is 21.0. The van der Waals surface area contributed by atoms with E-state index in [9.17, 15) is 13.6 Å². The number of rotatable bonds is 2. The van der Waals surface area contributed by atoms with E-state index in [0.717, 1.165) is 23.4 Å². The largest absolute Gasteiger partial charge is 0.465 e. The van der Waals surface area contributed by atoms with Gasteiger partial charge in [-0.05, 0) is 23.0 Å². The highest BCUT2D eigenvalue weighted by Gasteiger charge is 2.55. The van der Waals surface area contributed by atoms with Crippen LogP contribution in [0.3, 0.4) is 0 Å². The van der Waals surface area contributed by atoms with Gasteiger partial charge >= 0.3 is 5.97 Å². The van der Waals surface area contributed by atoms with Crippen LogP contribution in [0.25, 0.3) is 0 Å². The number of ether oxygens (including phenoxy) is 1. The Kier molecular flexibility index (Phi) is 4.46. The van der Waals surface area contributed by atoms with Crippen molar-refractivity contribution in [3.05, 3.63) is 75.7 Å². The minimum absolute atomic E-state index is 0.0210. The van der Waals surface area contributed by atoms with Crippen LogP contribution in [0.15, 0.2) is 52.3 Å². The molecule has 0 saturated heterocycles. The third-order valence-corrected chi connectivity index (χ3v) is 5.67. The third kappa shape index (κ3) is 2.92. The first-order valence-electron chi connectivity index (χ1n) is 8.96. The third-order valence-electron chi connectivity index (χ3n) is 5.39. The second-order valence-corrected chi connectivity index (χ2v) is 8.09. The Hall–Kier alpha value is -2.80. The lowest BCUT2D eigenvalue weighted by Gasteiger charge is -2.34. The number of esters is 1. The maximum Gasteiger partial charge on any atom is 0.339 e. The first-order chi connectivity index (χ1) is 13.7. The molecule has 0 fully saturated rings. The monoisotopic (exact) mass is 417 g/mol. The number of benzene rings is 1. The summed E-state index contributed by atoms with van der Waals surface area (Å²) in [5.41, 5.74) is 0.218. The Balaban J connectivity index is 2.00. The van der Waals surface area contributed by atoms with E-state index in [1.54, 1.807) is 0 Å². The van der Waals surface area contributed by atoms with E-state index in [2.05, 4.69) is 10.3 Å². The molecule has 2 aromatic rings. The minimum atomic E-state index is -1.19. The molecular weight excluding hydrogens is 400 g/mol. The fourth-order valence-corrected chi connectivity index (χ4v) is 4.59. The van der Waals surface area contributed by atoms with Crippen molar-refractivity contribution in [3.8, 4) is 0 Å². The summed E-state index contributed by atoms with van der Waals surface area (Å²) in [6, 6.07) is 8.33. The fraction of sp³-hybridized carbons (Fsp3) is 0.286. The van der Waals surface area contributed by atoms with E-state index in [4.69, 9.17) is 21.3 Å². The lowest BCUT2D eigenvalue weighted by molar-refractivity contribution is -0.137. The van der Waals surface area contributed by atoms with E-state index < -0.39 is 23.1 Å². The molecule has 150 valence electrons. The van der Waals surface area contributed by atoms with Gasteiger partial charge in [-0.15, -0.1) is 0 Å². The number of aromatic nitrogens is 1. The van der Waals surface area contributed by atoms with Crippen molar-refractivity contribution < 1.29 is 18.3 Å². The number of carbonyl (C=O) groups excluding carboxylic acids is 1. The van der Waals surface area contributed by atoms with Crippen molar-refractivity contribution in [1.82, 2.24) is 10.3 Å². The minimum Gasteiger partial charge on any atom is -0.465 e. The van der Waals surface area contributed by atoms with E-state index in [0.29, 0.717) is 6.42 Å². The SMILES string of the molecule is COC(=O)C1=C(Cl)NC(c2ncc(F)cc2F)=NC12CC(C)(C)c1ccccc12. The molecule has 1 aromatic carbocycles. The molecule has 0 bridgehead atoms. The number of amidine groups is 1. The van der Waals surface area contributed by atoms with Gasteiger partial charge in [-0.3, -0.25) is 0 Å². The smallest absolute Gasteiger partial charge is 0.339 e. The van der Waals surface area contributed by atoms with Crippen LogP contribution < -0.4 is 5.32 Å². The molecule has 2 aliphatic rings. The summed E-state index contributed by atoms with van der Waals surface area (Å²) < 4.78 is 32.8. The molecule has 8 heteroatoms. The number of hydrogen-bond donors (Lipinski definition) is 1. The molecule has 0 radical (unpaired) electrons. The van der Waals surface area contributed by atoms with E-state index in [1.807, 2.05) is 38.1 Å².